The molecule has 1 aromatic carbocycles. The summed E-state index contributed by atoms with van der Waals surface area (Å²) in [5.41, 5.74) is 7.24. The number of amidine groups is 1. The van der Waals surface area contributed by atoms with Gasteiger partial charge in [-0.15, -0.1) is 12.4 Å². The number of ether oxygens (including phenoxy) is 3. The highest BCUT2D eigenvalue weighted by molar-refractivity contribution is 5.95. The molecule has 1 aliphatic carbocycles. The van der Waals surface area contributed by atoms with Crippen LogP contribution >= 0.6 is 12.4 Å². The van der Waals surface area contributed by atoms with Crippen molar-refractivity contribution in [3.8, 4) is 0 Å². The van der Waals surface area contributed by atoms with E-state index in [0.29, 0.717) is 44.3 Å². The molecule has 36 heavy (non-hydrogen) atoms. The number of carbonyl (C=O) groups is 3. The summed E-state index contributed by atoms with van der Waals surface area (Å²) < 4.78 is 14.7. The summed E-state index contributed by atoms with van der Waals surface area (Å²) in [6.45, 7) is 5.98. The number of hydrogen-bond acceptors (Lipinski definition) is 8. The fraction of sp³-hybridized carbons (Fsp3) is 0.583. The van der Waals surface area contributed by atoms with Crippen LogP contribution in [0.25, 0.3) is 0 Å². The minimum atomic E-state index is -1.01. The summed E-state index contributed by atoms with van der Waals surface area (Å²) in [7, 11) is 0. The monoisotopic (exact) mass is 525 g/mol. The Kier molecular flexibility index (Phi) is 11.1. The van der Waals surface area contributed by atoms with E-state index in [9.17, 15) is 14.4 Å². The number of carbonyl (C=O) groups excluding carboxylic acids is 3. The van der Waals surface area contributed by atoms with Gasteiger partial charge in [0.25, 0.3) is 0 Å². The van der Waals surface area contributed by atoms with Gasteiger partial charge in [-0.1, -0.05) is 0 Å². The molecule has 0 aromatic heterocycles. The quantitative estimate of drug-likeness (QED) is 0.213. The van der Waals surface area contributed by atoms with Gasteiger partial charge in [0.05, 0.1) is 12.5 Å². The van der Waals surface area contributed by atoms with Crippen molar-refractivity contribution < 1.29 is 28.6 Å². The Balaban J connectivity index is 0.00000456. The third kappa shape index (κ3) is 8.18. The van der Waals surface area contributed by atoms with E-state index in [1.807, 2.05) is 29.2 Å². The molecule has 4 N–H and O–H groups in total. The molecule has 0 bridgehead atoms. The van der Waals surface area contributed by atoms with Crippen LogP contribution in [-0.2, 0) is 19.0 Å². The van der Waals surface area contributed by atoms with Crippen LogP contribution in [0.2, 0.25) is 0 Å². The fourth-order valence-corrected chi connectivity index (χ4v) is 4.33. The number of amides is 2. The van der Waals surface area contributed by atoms with Gasteiger partial charge in [0, 0.05) is 50.4 Å². The van der Waals surface area contributed by atoms with Crippen molar-refractivity contribution in [2.24, 2.45) is 11.7 Å². The van der Waals surface area contributed by atoms with Gasteiger partial charge in [0.15, 0.2) is 0 Å². The fourth-order valence-electron chi connectivity index (χ4n) is 4.33. The van der Waals surface area contributed by atoms with Crippen molar-refractivity contribution in [3.05, 3.63) is 29.8 Å². The maximum atomic E-state index is 12.8. The molecule has 1 saturated carbocycles. The number of urea groups is 1. The number of benzene rings is 1. The van der Waals surface area contributed by atoms with E-state index in [1.165, 1.54) is 6.92 Å². The number of anilines is 1. The molecule has 1 aromatic rings. The van der Waals surface area contributed by atoms with Gasteiger partial charge >= 0.3 is 18.2 Å². The predicted octanol–water partition coefficient (Wildman–Crippen LogP) is 2.85. The number of nitrogens with one attached hydrogen (secondary N) is 2. The van der Waals surface area contributed by atoms with Crippen LogP contribution < -0.4 is 16.0 Å². The highest BCUT2D eigenvalue weighted by atomic mass is 35.5. The maximum absolute atomic E-state index is 12.8. The molecule has 200 valence electrons. The van der Waals surface area contributed by atoms with Gasteiger partial charge in [-0.05, 0) is 56.9 Å². The zero-order valence-corrected chi connectivity index (χ0v) is 21.6. The number of nitrogens with zero attached hydrogens (tertiary/aromatic N) is 2. The number of piperazine rings is 1. The molecule has 1 heterocycles. The molecule has 2 amide bonds. The molecule has 2 fully saturated rings. The Labute approximate surface area is 217 Å². The molecule has 1 atom stereocenters. The Hall–Kier alpha value is -3.21. The lowest BCUT2D eigenvalue weighted by molar-refractivity contribution is -0.173. The van der Waals surface area contributed by atoms with Gasteiger partial charge in [-0.25, -0.2) is 9.59 Å². The molecule has 1 saturated heterocycles. The van der Waals surface area contributed by atoms with Crippen molar-refractivity contribution in [1.29, 1.82) is 5.41 Å². The minimum Gasteiger partial charge on any atom is -0.435 e. The summed E-state index contributed by atoms with van der Waals surface area (Å²) in [4.78, 5) is 40.4. The van der Waals surface area contributed by atoms with Gasteiger partial charge in [-0.3, -0.25) is 10.2 Å². The van der Waals surface area contributed by atoms with E-state index in [4.69, 9.17) is 20.6 Å². The van der Waals surface area contributed by atoms with Crippen LogP contribution in [0.1, 0.15) is 45.1 Å². The first-order valence-electron chi connectivity index (χ1n) is 12.1. The van der Waals surface area contributed by atoms with Crippen molar-refractivity contribution in [2.75, 3.05) is 37.7 Å². The van der Waals surface area contributed by atoms with Gasteiger partial charge in [0.1, 0.15) is 5.84 Å². The van der Waals surface area contributed by atoms with Crippen molar-refractivity contribution >= 4 is 42.1 Å². The average molecular weight is 526 g/mol. The standard InChI is InChI=1S/C24H35N5O6.ClH/c1-3-33-24(32)35-16(2)34-22(30)18-4-8-19(9-5-18)27-23(31)29-14-12-28(13-15-29)20-10-6-17(7-11-20)21(25)26;/h6-7,10-11,16,18-19H,3-5,8-9,12-15H2,1-2H3,(H3,25,26)(H,27,31);1H/t16?,18-,19-;. The lowest BCUT2D eigenvalue weighted by Crippen LogP contribution is -2.54. The number of nitrogen functional groups attached to an aromatic ring is 1. The second kappa shape index (κ2) is 13.8. The first kappa shape index (κ1) is 29.0. The second-order valence-corrected chi connectivity index (χ2v) is 8.74. The average Bonchev–Trinajstić information content (AvgIpc) is 2.84. The second-order valence-electron chi connectivity index (χ2n) is 8.74. The SMILES string of the molecule is CCOC(=O)OC(C)OC(=O)[C@H]1CC[C@H](NC(=O)N2CCN(c3ccc(C(=N)N)cc3)CC2)CC1.Cl. The van der Waals surface area contributed by atoms with Crippen LogP contribution in [0.15, 0.2) is 24.3 Å². The Morgan fingerprint density at radius 2 is 1.67 bits per heavy atom. The molecule has 1 unspecified atom stereocenters. The predicted molar refractivity (Wildman–Crippen MR) is 136 cm³/mol. The molecule has 1 aliphatic heterocycles. The molecule has 12 heteroatoms. The topological polar surface area (TPSA) is 147 Å². The normalized spacial score (nSPS) is 20.4. The zero-order valence-electron chi connectivity index (χ0n) is 20.7. The van der Waals surface area contributed by atoms with Crippen LogP contribution in [0.4, 0.5) is 15.3 Å². The Bertz CT molecular complexity index is 899. The molecule has 2 aliphatic rings. The van der Waals surface area contributed by atoms with E-state index >= 15 is 0 Å². The first-order chi connectivity index (χ1) is 16.8. The third-order valence-electron chi connectivity index (χ3n) is 6.30. The highest BCUT2D eigenvalue weighted by Crippen LogP contribution is 2.26. The smallest absolute Gasteiger partial charge is 0.435 e. The first-order valence-corrected chi connectivity index (χ1v) is 12.1. The number of esters is 1. The summed E-state index contributed by atoms with van der Waals surface area (Å²) in [5.74, 6) is -0.644. The Morgan fingerprint density at radius 3 is 2.22 bits per heavy atom. The summed E-state index contributed by atoms with van der Waals surface area (Å²) in [5, 5.41) is 10.6. The summed E-state index contributed by atoms with van der Waals surface area (Å²) in [6, 6.07) is 7.48. The largest absolute Gasteiger partial charge is 0.511 e. The Morgan fingerprint density at radius 1 is 1.06 bits per heavy atom. The summed E-state index contributed by atoms with van der Waals surface area (Å²) >= 11 is 0. The van der Waals surface area contributed by atoms with E-state index in [1.54, 1.807) is 6.92 Å². The van der Waals surface area contributed by atoms with Crippen molar-refractivity contribution in [1.82, 2.24) is 10.2 Å². The molecular formula is C24H36ClN5O6. The molecular weight excluding hydrogens is 490 g/mol. The lowest BCUT2D eigenvalue weighted by atomic mass is 9.86. The number of nitrogens with two attached hydrogens (primary N) is 1. The van der Waals surface area contributed by atoms with E-state index in [2.05, 4.69) is 15.0 Å². The molecule has 0 spiro atoms. The molecule has 3 rings (SSSR count). The zero-order chi connectivity index (χ0) is 25.4. The van der Waals surface area contributed by atoms with E-state index in [-0.39, 0.29) is 42.8 Å². The number of rotatable bonds is 7. The number of halogens is 1. The van der Waals surface area contributed by atoms with Crippen LogP contribution in [0.5, 0.6) is 0 Å². The van der Waals surface area contributed by atoms with Gasteiger partial charge in [-0.2, -0.15) is 0 Å². The van der Waals surface area contributed by atoms with Crippen LogP contribution in [-0.4, -0.2) is 74.0 Å². The van der Waals surface area contributed by atoms with Gasteiger partial charge < -0.3 is 35.1 Å². The van der Waals surface area contributed by atoms with E-state index in [0.717, 1.165) is 18.8 Å². The lowest BCUT2D eigenvalue weighted by Gasteiger charge is -2.37. The van der Waals surface area contributed by atoms with Gasteiger partial charge in [0.2, 0.25) is 6.29 Å². The van der Waals surface area contributed by atoms with Crippen molar-refractivity contribution in [3.63, 3.8) is 0 Å². The minimum absolute atomic E-state index is 0. The summed E-state index contributed by atoms with van der Waals surface area (Å²) in [6.07, 6.45) is 0.679. The third-order valence-corrected chi connectivity index (χ3v) is 6.30. The van der Waals surface area contributed by atoms with Crippen molar-refractivity contribution in [2.45, 2.75) is 51.9 Å². The molecule has 0 radical (unpaired) electrons. The van der Waals surface area contributed by atoms with E-state index < -0.39 is 18.4 Å². The van der Waals surface area contributed by atoms with Crippen LogP contribution in [0.3, 0.4) is 0 Å². The number of hydrogen-bond donors (Lipinski definition) is 3. The molecule has 11 nitrogen and oxygen atoms in total. The maximum Gasteiger partial charge on any atom is 0.511 e. The van der Waals surface area contributed by atoms with Crippen LogP contribution in [0, 0.1) is 11.3 Å². The highest BCUT2D eigenvalue weighted by Gasteiger charge is 2.31.